The van der Waals surface area contributed by atoms with Gasteiger partial charge in [-0.1, -0.05) is 109 Å². The van der Waals surface area contributed by atoms with E-state index in [1.54, 1.807) is 0 Å². The van der Waals surface area contributed by atoms with Crippen LogP contribution >= 0.6 is 11.3 Å². The Morgan fingerprint density at radius 3 is 1.73 bits per heavy atom. The first-order valence-corrected chi connectivity index (χ1v) is 18.0. The maximum Gasteiger partial charge on any atom is 0.227 e. The van der Waals surface area contributed by atoms with Gasteiger partial charge in [0.2, 0.25) is 5.71 Å². The third-order valence-electron chi connectivity index (χ3n) is 10.3. The molecule has 0 amide bonds. The first-order chi connectivity index (χ1) is 25.3. The Morgan fingerprint density at radius 1 is 0.392 bits per heavy atom. The summed E-state index contributed by atoms with van der Waals surface area (Å²) in [5.74, 6) is 0. The Kier molecular flexibility index (Phi) is 6.12. The highest BCUT2D eigenvalue weighted by Gasteiger charge is 2.18. The van der Waals surface area contributed by atoms with Crippen molar-refractivity contribution in [2.24, 2.45) is 0 Å². The zero-order valence-corrected chi connectivity index (χ0v) is 28.2. The molecule has 0 unspecified atom stereocenters. The van der Waals surface area contributed by atoms with Crippen LogP contribution in [0, 0.1) is 0 Å². The molecular weight excluding hydrogens is 641 g/mol. The number of hydrogen-bond donors (Lipinski definition) is 0. The van der Waals surface area contributed by atoms with E-state index in [4.69, 9.17) is 9.40 Å². The van der Waals surface area contributed by atoms with Crippen molar-refractivity contribution in [1.82, 2.24) is 4.98 Å². The normalized spacial score (nSPS) is 11.9. The fourth-order valence-electron chi connectivity index (χ4n) is 7.91. The highest BCUT2D eigenvalue weighted by molar-refractivity contribution is 7.25. The number of aromatic nitrogens is 1. The lowest BCUT2D eigenvalue weighted by atomic mass is 9.92. The highest BCUT2D eigenvalue weighted by atomic mass is 32.1. The SMILES string of the molecule is c1ccc2c(c1)oc1ncc(N(c3ccc(-c4ccc5c6ccccc6c6ccccc6c5c4)cc3)c3ccc4sc5ccccc5c4c3)cc12. The molecule has 8 aromatic carbocycles. The first kappa shape index (κ1) is 28.4. The number of fused-ring (bicyclic) bond motifs is 12. The Hall–Kier alpha value is -6.49. The van der Waals surface area contributed by atoms with Gasteiger partial charge < -0.3 is 9.32 Å². The number of rotatable bonds is 4. The maximum atomic E-state index is 6.11. The van der Waals surface area contributed by atoms with Crippen LogP contribution < -0.4 is 4.90 Å². The third kappa shape index (κ3) is 4.40. The molecule has 4 heteroatoms. The maximum absolute atomic E-state index is 6.11. The van der Waals surface area contributed by atoms with Crippen molar-refractivity contribution in [1.29, 1.82) is 0 Å². The van der Waals surface area contributed by atoms with Gasteiger partial charge in [-0.15, -0.1) is 11.3 Å². The standard InChI is InChI=1S/C47H28N2OS/c1-2-11-36-34(9-1)35-10-3-4-12-37(35)41-25-30(19-23-38(36)41)29-17-20-31(21-18-29)49(32-22-24-46-42(26-32)40-14-6-8-16-45(40)51-46)33-27-43-39-13-5-7-15-44(39)50-47(43)48-28-33/h1-28H. The Bertz CT molecular complexity index is 3010. The summed E-state index contributed by atoms with van der Waals surface area (Å²) in [7, 11) is 0. The molecule has 11 aromatic rings. The molecule has 238 valence electrons. The van der Waals surface area contributed by atoms with E-state index < -0.39 is 0 Å². The van der Waals surface area contributed by atoms with Crippen molar-refractivity contribution in [2.45, 2.75) is 0 Å². The summed E-state index contributed by atoms with van der Waals surface area (Å²) in [6.45, 7) is 0. The highest BCUT2D eigenvalue weighted by Crippen LogP contribution is 2.43. The van der Waals surface area contributed by atoms with Crippen molar-refractivity contribution in [2.75, 3.05) is 4.90 Å². The third-order valence-corrected chi connectivity index (χ3v) is 11.5. The predicted molar refractivity (Wildman–Crippen MR) is 217 cm³/mol. The molecule has 3 heterocycles. The molecule has 0 aliphatic heterocycles. The van der Waals surface area contributed by atoms with Crippen molar-refractivity contribution >= 4 is 103 Å². The second-order valence-corrected chi connectivity index (χ2v) is 14.2. The van der Waals surface area contributed by atoms with Crippen LogP contribution in [0.25, 0.3) is 85.7 Å². The van der Waals surface area contributed by atoms with E-state index in [-0.39, 0.29) is 0 Å². The topological polar surface area (TPSA) is 29.3 Å². The van der Waals surface area contributed by atoms with Gasteiger partial charge in [-0.05, 0) is 98.0 Å². The van der Waals surface area contributed by atoms with E-state index in [1.807, 2.05) is 35.7 Å². The van der Waals surface area contributed by atoms with Crippen LogP contribution in [0.2, 0.25) is 0 Å². The Labute approximate surface area is 297 Å². The zero-order valence-electron chi connectivity index (χ0n) is 27.4. The monoisotopic (exact) mass is 668 g/mol. The molecule has 11 rings (SSSR count). The molecule has 0 saturated heterocycles. The van der Waals surface area contributed by atoms with Crippen LogP contribution in [0.15, 0.2) is 174 Å². The number of para-hydroxylation sites is 1. The lowest BCUT2D eigenvalue weighted by molar-refractivity contribution is 0.654. The lowest BCUT2D eigenvalue weighted by Gasteiger charge is -2.25. The summed E-state index contributed by atoms with van der Waals surface area (Å²) < 4.78 is 8.69. The van der Waals surface area contributed by atoms with Crippen LogP contribution in [-0.2, 0) is 0 Å². The van der Waals surface area contributed by atoms with E-state index in [1.165, 1.54) is 63.6 Å². The van der Waals surface area contributed by atoms with E-state index in [9.17, 15) is 0 Å². The molecule has 3 nitrogen and oxygen atoms in total. The smallest absolute Gasteiger partial charge is 0.227 e. The second-order valence-electron chi connectivity index (χ2n) is 13.2. The summed E-state index contributed by atoms with van der Waals surface area (Å²) in [6.07, 6.45) is 1.92. The van der Waals surface area contributed by atoms with Gasteiger partial charge in [0.15, 0.2) is 0 Å². The van der Waals surface area contributed by atoms with Crippen LogP contribution in [0.4, 0.5) is 17.1 Å². The fourth-order valence-corrected chi connectivity index (χ4v) is 9.00. The van der Waals surface area contributed by atoms with Gasteiger partial charge >= 0.3 is 0 Å². The molecule has 0 atom stereocenters. The number of furan rings is 1. The van der Waals surface area contributed by atoms with Crippen molar-refractivity contribution in [3.8, 4) is 11.1 Å². The van der Waals surface area contributed by atoms with Gasteiger partial charge in [-0.2, -0.15) is 0 Å². The number of anilines is 3. The minimum Gasteiger partial charge on any atom is -0.438 e. The Balaban J connectivity index is 1.07. The molecule has 51 heavy (non-hydrogen) atoms. The van der Waals surface area contributed by atoms with E-state index >= 15 is 0 Å². The summed E-state index contributed by atoms with van der Waals surface area (Å²) >= 11 is 1.84. The van der Waals surface area contributed by atoms with Gasteiger partial charge in [-0.25, -0.2) is 4.98 Å². The van der Waals surface area contributed by atoms with Crippen molar-refractivity contribution < 1.29 is 4.42 Å². The number of nitrogens with zero attached hydrogens (tertiary/aromatic N) is 2. The number of pyridine rings is 1. The van der Waals surface area contributed by atoms with Crippen LogP contribution in [0.3, 0.4) is 0 Å². The number of benzene rings is 8. The first-order valence-electron chi connectivity index (χ1n) is 17.2. The molecule has 3 aromatic heterocycles. The summed E-state index contributed by atoms with van der Waals surface area (Å²) in [5.41, 5.74) is 6.97. The van der Waals surface area contributed by atoms with E-state index in [2.05, 4.69) is 150 Å². The van der Waals surface area contributed by atoms with Gasteiger partial charge in [0, 0.05) is 36.9 Å². The molecule has 0 radical (unpaired) electrons. The lowest BCUT2D eigenvalue weighted by Crippen LogP contribution is -2.10. The molecule has 0 spiro atoms. The quantitative estimate of drug-likeness (QED) is 0.175. The summed E-state index contributed by atoms with van der Waals surface area (Å²) in [6, 6.07) is 59.1. The average molecular weight is 669 g/mol. The van der Waals surface area contributed by atoms with Crippen molar-refractivity contribution in [3.05, 3.63) is 170 Å². The minimum absolute atomic E-state index is 0.645. The molecule has 0 aliphatic rings. The predicted octanol–water partition coefficient (Wildman–Crippen LogP) is 13.9. The van der Waals surface area contributed by atoms with Gasteiger partial charge in [0.25, 0.3) is 0 Å². The van der Waals surface area contributed by atoms with E-state index in [0.29, 0.717) is 5.71 Å². The molecule has 0 saturated carbocycles. The number of thiophene rings is 1. The largest absolute Gasteiger partial charge is 0.438 e. The van der Waals surface area contributed by atoms with Crippen molar-refractivity contribution in [3.63, 3.8) is 0 Å². The van der Waals surface area contributed by atoms with Crippen LogP contribution in [0.5, 0.6) is 0 Å². The minimum atomic E-state index is 0.645. The van der Waals surface area contributed by atoms with E-state index in [0.717, 1.165) is 33.4 Å². The molecule has 0 bridgehead atoms. The van der Waals surface area contributed by atoms with Gasteiger partial charge in [0.05, 0.1) is 17.3 Å². The van der Waals surface area contributed by atoms with Gasteiger partial charge in [-0.3, -0.25) is 0 Å². The second kappa shape index (κ2) is 11.0. The number of hydrogen-bond acceptors (Lipinski definition) is 4. The molecule has 0 aliphatic carbocycles. The van der Waals surface area contributed by atoms with Gasteiger partial charge in [0.1, 0.15) is 5.58 Å². The Morgan fingerprint density at radius 2 is 0.961 bits per heavy atom. The average Bonchev–Trinajstić information content (AvgIpc) is 3.76. The van der Waals surface area contributed by atoms with Crippen LogP contribution in [0.1, 0.15) is 0 Å². The summed E-state index contributed by atoms with van der Waals surface area (Å²) in [5, 5.41) is 12.3. The van der Waals surface area contributed by atoms with Crippen LogP contribution in [-0.4, -0.2) is 4.98 Å². The zero-order chi connectivity index (χ0) is 33.5. The molecule has 0 fully saturated rings. The fraction of sp³-hybridized carbons (Fsp3) is 0. The summed E-state index contributed by atoms with van der Waals surface area (Å²) in [4.78, 5) is 7.14. The molecular formula is C47H28N2OS. The molecule has 0 N–H and O–H groups in total.